The first-order chi connectivity index (χ1) is 29.4. The summed E-state index contributed by atoms with van der Waals surface area (Å²) in [7, 11) is 0. The van der Waals surface area contributed by atoms with Crippen LogP contribution in [-0.4, -0.2) is 171 Å². The van der Waals surface area contributed by atoms with Gasteiger partial charge in [0, 0.05) is 28.9 Å². The molecule has 16 atom stereocenters. The average Bonchev–Trinajstić information content (AvgIpc) is 3.26. The molecule has 2 aromatic carbocycles. The molecule has 6 aliphatic rings. The highest BCUT2D eigenvalue weighted by Crippen LogP contribution is 2.55. The molecule has 2 aliphatic heterocycles. The molecule has 2 heterocycles. The van der Waals surface area contributed by atoms with Crippen molar-refractivity contribution >= 4 is 23.5 Å². The van der Waals surface area contributed by atoms with E-state index in [2.05, 4.69) is 0 Å². The summed E-state index contributed by atoms with van der Waals surface area (Å²) in [5, 5.41) is 125. The summed E-state index contributed by atoms with van der Waals surface area (Å²) >= 11 is 0. The average molecular weight is 877 g/mol. The van der Waals surface area contributed by atoms with Gasteiger partial charge >= 0.3 is 11.9 Å². The Morgan fingerprint density at radius 2 is 1.10 bits per heavy atom. The molecular formula is C40H44O22. The molecule has 0 unspecified atom stereocenters. The van der Waals surface area contributed by atoms with Crippen LogP contribution in [-0.2, 0) is 51.3 Å². The molecule has 0 amide bonds. The molecule has 2 bridgehead atoms. The highest BCUT2D eigenvalue weighted by Gasteiger charge is 2.71. The van der Waals surface area contributed by atoms with Gasteiger partial charge in [-0.2, -0.15) is 0 Å². The summed E-state index contributed by atoms with van der Waals surface area (Å²) in [6.45, 7) is -3.17. The van der Waals surface area contributed by atoms with Crippen molar-refractivity contribution in [2.24, 2.45) is 23.7 Å². The maximum absolute atomic E-state index is 14.0. The van der Waals surface area contributed by atoms with E-state index in [9.17, 15) is 80.5 Å². The highest BCUT2D eigenvalue weighted by molar-refractivity contribution is 6.16. The van der Waals surface area contributed by atoms with Crippen LogP contribution in [0.1, 0.15) is 11.1 Å². The van der Waals surface area contributed by atoms with Gasteiger partial charge in [-0.15, -0.1) is 0 Å². The number of esters is 2. The minimum Gasteiger partial charge on any atom is -0.504 e. The summed E-state index contributed by atoms with van der Waals surface area (Å²) in [6, 6.07) is 7.48. The molecule has 12 N–H and O–H groups in total. The van der Waals surface area contributed by atoms with Crippen molar-refractivity contribution in [3.8, 4) is 23.0 Å². The minimum absolute atomic E-state index is 0.102. The fraction of sp³-hybridized carbons (Fsp3) is 0.500. The molecule has 62 heavy (non-hydrogen) atoms. The molecule has 0 radical (unpaired) electrons. The number of hydrogen-bond donors (Lipinski definition) is 12. The lowest BCUT2D eigenvalue weighted by Crippen LogP contribution is -2.71. The lowest BCUT2D eigenvalue weighted by Gasteiger charge is -2.54. The monoisotopic (exact) mass is 876 g/mol. The summed E-state index contributed by atoms with van der Waals surface area (Å²) in [5.41, 5.74) is -6.26. The third-order valence-electron chi connectivity index (χ3n) is 11.9. The second kappa shape index (κ2) is 17.2. The lowest BCUT2D eigenvalue weighted by molar-refractivity contribution is -0.277. The zero-order chi connectivity index (χ0) is 45.0. The van der Waals surface area contributed by atoms with Gasteiger partial charge in [0.25, 0.3) is 0 Å². The molecule has 336 valence electrons. The number of para-hydroxylation sites is 2. The van der Waals surface area contributed by atoms with Gasteiger partial charge < -0.3 is 89.7 Å². The van der Waals surface area contributed by atoms with E-state index in [1.807, 2.05) is 0 Å². The van der Waals surface area contributed by atoms with Crippen molar-refractivity contribution in [2.45, 2.75) is 85.8 Å². The molecule has 1 saturated carbocycles. The Bertz CT molecular complexity index is 2120. The molecule has 22 nitrogen and oxygen atoms in total. The molecule has 2 aromatic rings. The van der Waals surface area contributed by atoms with Gasteiger partial charge in [0.15, 0.2) is 34.6 Å². The van der Waals surface area contributed by atoms with Crippen LogP contribution < -0.4 is 9.47 Å². The van der Waals surface area contributed by atoms with Crippen LogP contribution in [0.5, 0.6) is 23.0 Å². The Balaban J connectivity index is 1.07. The van der Waals surface area contributed by atoms with E-state index >= 15 is 0 Å². The third-order valence-corrected chi connectivity index (χ3v) is 11.9. The van der Waals surface area contributed by atoms with Crippen LogP contribution in [0.2, 0.25) is 0 Å². The molecule has 3 fully saturated rings. The van der Waals surface area contributed by atoms with Gasteiger partial charge in [0.05, 0.1) is 13.2 Å². The maximum atomic E-state index is 14.0. The van der Waals surface area contributed by atoms with E-state index in [-0.39, 0.29) is 11.1 Å². The van der Waals surface area contributed by atoms with Crippen molar-refractivity contribution in [3.63, 3.8) is 0 Å². The van der Waals surface area contributed by atoms with Crippen LogP contribution in [0.3, 0.4) is 0 Å². The van der Waals surface area contributed by atoms with Gasteiger partial charge in [0.2, 0.25) is 23.8 Å². The predicted molar refractivity (Wildman–Crippen MR) is 197 cm³/mol. The fourth-order valence-corrected chi connectivity index (χ4v) is 8.49. The number of aliphatic hydroxyl groups excluding tert-OH is 8. The molecule has 0 spiro atoms. The number of hydrogen-bond acceptors (Lipinski definition) is 22. The number of fused-ring (bicyclic) bond motifs is 1. The largest absolute Gasteiger partial charge is 0.504 e. The second-order valence-electron chi connectivity index (χ2n) is 15.5. The smallest absolute Gasteiger partial charge is 0.347 e. The number of Topliss-reactive ketones (excluding diaryl/α,β-unsaturated/α-hetero) is 1. The van der Waals surface area contributed by atoms with E-state index in [1.165, 1.54) is 42.5 Å². The fourth-order valence-electron chi connectivity index (χ4n) is 8.49. The van der Waals surface area contributed by atoms with E-state index < -0.39 is 169 Å². The Hall–Kier alpha value is -5.08. The number of allylic oxidation sites excluding steroid dienone is 2. The Morgan fingerprint density at radius 3 is 1.56 bits per heavy atom. The van der Waals surface area contributed by atoms with Crippen molar-refractivity contribution in [1.29, 1.82) is 0 Å². The van der Waals surface area contributed by atoms with E-state index in [0.717, 1.165) is 18.2 Å². The highest BCUT2D eigenvalue weighted by atomic mass is 16.7. The summed E-state index contributed by atoms with van der Waals surface area (Å²) < 4.78 is 32.6. The van der Waals surface area contributed by atoms with E-state index in [4.69, 9.17) is 28.4 Å². The topological polar surface area (TPSA) is 366 Å². The van der Waals surface area contributed by atoms with E-state index in [1.54, 1.807) is 0 Å². The molecule has 4 aliphatic carbocycles. The second-order valence-corrected chi connectivity index (χ2v) is 15.5. The van der Waals surface area contributed by atoms with Crippen LogP contribution in [0.25, 0.3) is 0 Å². The summed E-state index contributed by atoms with van der Waals surface area (Å²) in [4.78, 5) is 55.0. The standard InChI is InChI=1S/C40H44O22/c41-11-22-26(46)28(48)30(50)35(59-22)61-32-15(3-1-5-20(32)43)13-57-37(53)39(55)19-9-7-18(34(39)52)25-17(19)8-10-24(45)40(25,56)38(54)58-14-16-4-2-6-21(44)33(16)62-36-31(51)29(49)27(47)23(12-42)60-36/h1-10,17-19,22-23,25-31,35-36,41-44,46-51,55-56H,11-14H2/t17-,18-,19-,22+,23+,25+,26+,27+,28-,29-,30+,31+,35-,36-,39+,40+/m0/s1. The van der Waals surface area contributed by atoms with Crippen molar-refractivity contribution in [3.05, 3.63) is 71.8 Å². The molecular weight excluding hydrogens is 832 g/mol. The zero-order valence-corrected chi connectivity index (χ0v) is 32.1. The Kier molecular flexibility index (Phi) is 12.5. The number of rotatable bonds is 12. The summed E-state index contributed by atoms with van der Waals surface area (Å²) in [6.07, 6.45) is -12.6. The van der Waals surface area contributed by atoms with Crippen molar-refractivity contribution in [2.75, 3.05) is 13.2 Å². The minimum atomic E-state index is -3.08. The maximum Gasteiger partial charge on any atom is 0.347 e. The number of phenols is 2. The number of benzene rings is 2. The number of aliphatic hydroxyl groups is 10. The number of carbonyl (C=O) groups excluding carboxylic acids is 4. The van der Waals surface area contributed by atoms with Crippen LogP contribution in [0.4, 0.5) is 0 Å². The summed E-state index contributed by atoms with van der Waals surface area (Å²) in [5.74, 6) is -13.6. The molecule has 22 heteroatoms. The van der Waals surface area contributed by atoms with Gasteiger partial charge in [0.1, 0.15) is 62.0 Å². The predicted octanol–water partition coefficient (Wildman–Crippen LogP) is -4.54. The third kappa shape index (κ3) is 7.40. The normalized spacial score (nSPS) is 38.6. The SMILES string of the molecule is O=C1C=C[C@@H]2[C@H]([C@@H]3C=C[C@@H]2[C@](O)(C(=O)OCc2cccc(O)c2O[C@@H]2O[C@H](CO)[C@@H](O)[C@H](O)[C@H]2O)C3=O)[C@@]1(O)C(=O)OCc1cccc(O)c1O[C@@H]1O[C@H](CO)[C@@H](O)[C@H](O)[C@H]1O. The first-order valence-electron chi connectivity index (χ1n) is 19.2. The Labute approximate surface area is 349 Å². The molecule has 8 rings (SSSR count). The first kappa shape index (κ1) is 45.0. The number of ketones is 2. The number of ether oxygens (including phenoxy) is 6. The lowest BCUT2D eigenvalue weighted by atomic mass is 9.49. The quantitative estimate of drug-likeness (QED) is 0.0543. The van der Waals surface area contributed by atoms with Crippen LogP contribution in [0, 0.1) is 23.7 Å². The van der Waals surface area contributed by atoms with Gasteiger partial charge in [-0.1, -0.05) is 42.5 Å². The number of aromatic hydroxyl groups is 2. The van der Waals surface area contributed by atoms with Gasteiger partial charge in [-0.25, -0.2) is 9.59 Å². The van der Waals surface area contributed by atoms with Gasteiger partial charge in [-0.3, -0.25) is 9.59 Å². The Morgan fingerprint density at radius 1 is 0.629 bits per heavy atom. The zero-order valence-electron chi connectivity index (χ0n) is 32.1. The van der Waals surface area contributed by atoms with Crippen LogP contribution >= 0.6 is 0 Å². The molecule has 0 aromatic heterocycles. The van der Waals surface area contributed by atoms with Gasteiger partial charge in [-0.05, 0) is 24.1 Å². The first-order valence-corrected chi connectivity index (χ1v) is 19.2. The molecule has 2 saturated heterocycles. The number of carbonyl (C=O) groups is 4. The van der Waals surface area contributed by atoms with Crippen molar-refractivity contribution in [1.82, 2.24) is 0 Å². The van der Waals surface area contributed by atoms with E-state index in [0.29, 0.717) is 0 Å². The number of phenolic OH excluding ortho intramolecular Hbond substituents is 2. The van der Waals surface area contributed by atoms with Crippen molar-refractivity contribution < 1.29 is 109 Å². The van der Waals surface area contributed by atoms with Crippen LogP contribution in [0.15, 0.2) is 60.7 Å².